The highest BCUT2D eigenvalue weighted by atomic mass is 16.6. The van der Waals surface area contributed by atoms with E-state index < -0.39 is 0 Å². The number of nitrogens with one attached hydrogen (secondary N) is 1. The van der Waals surface area contributed by atoms with Gasteiger partial charge in [0.2, 0.25) is 11.6 Å². The van der Waals surface area contributed by atoms with Crippen LogP contribution in [-0.4, -0.2) is 27.5 Å². The van der Waals surface area contributed by atoms with E-state index in [0.717, 1.165) is 42.1 Å². The van der Waals surface area contributed by atoms with Crippen LogP contribution >= 0.6 is 0 Å². The molecule has 1 fully saturated rings. The van der Waals surface area contributed by atoms with Crippen LogP contribution in [0, 0.1) is 10.1 Å². The van der Waals surface area contributed by atoms with Gasteiger partial charge in [-0.3, -0.25) is 10.1 Å². The molecule has 0 bridgehead atoms. The van der Waals surface area contributed by atoms with E-state index in [9.17, 15) is 10.1 Å². The van der Waals surface area contributed by atoms with Gasteiger partial charge in [-0.2, -0.15) is 0 Å². The maximum absolute atomic E-state index is 12.0. The number of aromatic nitrogens is 2. The minimum atomic E-state index is -0.375. The highest BCUT2D eigenvalue weighted by molar-refractivity contribution is 5.96. The van der Waals surface area contributed by atoms with Gasteiger partial charge < -0.3 is 10.2 Å². The summed E-state index contributed by atoms with van der Waals surface area (Å²) >= 11 is 0. The average molecular weight is 377 g/mol. The number of benzene rings is 2. The summed E-state index contributed by atoms with van der Waals surface area (Å²) in [6, 6.07) is 14.2. The number of rotatable bonds is 6. The second kappa shape index (κ2) is 7.80. The van der Waals surface area contributed by atoms with Crippen LogP contribution in [0.25, 0.3) is 10.8 Å². The molecule has 144 valence electrons. The molecule has 1 aliphatic carbocycles. The van der Waals surface area contributed by atoms with E-state index >= 15 is 0 Å². The van der Waals surface area contributed by atoms with Gasteiger partial charge in [0.25, 0.3) is 0 Å². The van der Waals surface area contributed by atoms with Gasteiger partial charge in [0, 0.05) is 18.0 Å². The fourth-order valence-electron chi connectivity index (χ4n) is 3.98. The van der Waals surface area contributed by atoms with Gasteiger partial charge in [0.15, 0.2) is 0 Å². The van der Waals surface area contributed by atoms with E-state index in [0.29, 0.717) is 18.2 Å². The van der Waals surface area contributed by atoms with E-state index in [1.807, 2.05) is 54.3 Å². The quantitative estimate of drug-likeness (QED) is 0.478. The lowest BCUT2D eigenvalue weighted by molar-refractivity contribution is -0.383. The summed E-state index contributed by atoms with van der Waals surface area (Å²) in [4.78, 5) is 22.0. The molecule has 1 N–H and O–H groups in total. The molecule has 3 aromatic rings. The standard InChI is InChI=1S/C21H23N5O2/c1-2-25(18-13-7-9-15-8-3-6-12-17(15)18)21-19(26(27)28)20(22-14-23-21)24-16-10-4-5-11-16/h3,6-9,12-14,16H,2,4-5,10-11H2,1H3,(H,22,23,24). The largest absolute Gasteiger partial charge is 0.361 e. The summed E-state index contributed by atoms with van der Waals surface area (Å²) in [7, 11) is 0. The Bertz CT molecular complexity index is 996. The summed E-state index contributed by atoms with van der Waals surface area (Å²) in [5, 5.41) is 17.4. The van der Waals surface area contributed by atoms with E-state index in [2.05, 4.69) is 15.3 Å². The van der Waals surface area contributed by atoms with Gasteiger partial charge in [0.1, 0.15) is 6.33 Å². The number of nitro groups is 1. The third-order valence-corrected chi connectivity index (χ3v) is 5.31. The summed E-state index contributed by atoms with van der Waals surface area (Å²) in [6.45, 7) is 2.52. The Morgan fingerprint density at radius 1 is 1.14 bits per heavy atom. The number of hydrogen-bond acceptors (Lipinski definition) is 6. The molecule has 0 saturated heterocycles. The minimum absolute atomic E-state index is 0.0656. The molecular formula is C21H23N5O2. The zero-order valence-electron chi connectivity index (χ0n) is 15.8. The molecule has 0 unspecified atom stereocenters. The van der Waals surface area contributed by atoms with Crippen molar-refractivity contribution in [1.29, 1.82) is 0 Å². The van der Waals surface area contributed by atoms with Crippen molar-refractivity contribution in [2.45, 2.75) is 38.6 Å². The fourth-order valence-corrected chi connectivity index (χ4v) is 3.98. The third-order valence-electron chi connectivity index (χ3n) is 5.31. The Kier molecular flexibility index (Phi) is 5.06. The van der Waals surface area contributed by atoms with Crippen LogP contribution in [0.2, 0.25) is 0 Å². The second-order valence-electron chi connectivity index (χ2n) is 7.02. The van der Waals surface area contributed by atoms with Crippen LogP contribution < -0.4 is 10.2 Å². The lowest BCUT2D eigenvalue weighted by atomic mass is 10.1. The zero-order chi connectivity index (χ0) is 19.5. The first-order chi connectivity index (χ1) is 13.7. The molecule has 1 aromatic heterocycles. The van der Waals surface area contributed by atoms with Gasteiger partial charge in [0.05, 0.1) is 10.6 Å². The van der Waals surface area contributed by atoms with Crippen molar-refractivity contribution >= 4 is 33.8 Å². The predicted octanol–water partition coefficient (Wildman–Crippen LogP) is 5.05. The van der Waals surface area contributed by atoms with Crippen molar-refractivity contribution in [3.63, 3.8) is 0 Å². The smallest absolute Gasteiger partial charge is 0.353 e. The molecule has 1 aliphatic rings. The minimum Gasteiger partial charge on any atom is -0.361 e. The highest BCUT2D eigenvalue weighted by Gasteiger charge is 2.29. The van der Waals surface area contributed by atoms with Crippen LogP contribution in [0.1, 0.15) is 32.6 Å². The lowest BCUT2D eigenvalue weighted by Crippen LogP contribution is -2.22. The average Bonchev–Trinajstić information content (AvgIpc) is 3.22. The molecule has 7 nitrogen and oxygen atoms in total. The van der Waals surface area contributed by atoms with E-state index in [1.165, 1.54) is 6.33 Å². The van der Waals surface area contributed by atoms with Crippen LogP contribution in [0.15, 0.2) is 48.8 Å². The molecule has 0 atom stereocenters. The fraction of sp³-hybridized carbons (Fsp3) is 0.333. The van der Waals surface area contributed by atoms with Gasteiger partial charge in [-0.15, -0.1) is 0 Å². The first-order valence-electron chi connectivity index (χ1n) is 9.70. The number of nitrogens with zero attached hydrogens (tertiary/aromatic N) is 4. The molecule has 0 amide bonds. The molecule has 4 rings (SSSR count). The first-order valence-corrected chi connectivity index (χ1v) is 9.70. The SMILES string of the molecule is CCN(c1ncnc(NC2CCCC2)c1[N+](=O)[O-])c1cccc2ccccc12. The Hall–Kier alpha value is -3.22. The van der Waals surface area contributed by atoms with Gasteiger partial charge in [-0.05, 0) is 31.2 Å². The van der Waals surface area contributed by atoms with Crippen molar-refractivity contribution in [3.8, 4) is 0 Å². The second-order valence-corrected chi connectivity index (χ2v) is 7.02. The predicted molar refractivity (Wildman–Crippen MR) is 111 cm³/mol. The molecule has 2 aromatic carbocycles. The number of fused-ring (bicyclic) bond motifs is 1. The monoisotopic (exact) mass is 377 g/mol. The highest BCUT2D eigenvalue weighted by Crippen LogP contribution is 2.39. The summed E-state index contributed by atoms with van der Waals surface area (Å²) in [5.74, 6) is 0.625. The topological polar surface area (TPSA) is 84.2 Å². The zero-order valence-corrected chi connectivity index (χ0v) is 15.8. The third kappa shape index (κ3) is 3.35. The van der Waals surface area contributed by atoms with Gasteiger partial charge in [-0.25, -0.2) is 9.97 Å². The van der Waals surface area contributed by atoms with Crippen molar-refractivity contribution in [1.82, 2.24) is 9.97 Å². The number of hydrogen-bond donors (Lipinski definition) is 1. The van der Waals surface area contributed by atoms with Crippen LogP contribution in [0.5, 0.6) is 0 Å². The summed E-state index contributed by atoms with van der Waals surface area (Å²) < 4.78 is 0. The van der Waals surface area contributed by atoms with E-state index in [4.69, 9.17) is 0 Å². The Morgan fingerprint density at radius 3 is 2.64 bits per heavy atom. The lowest BCUT2D eigenvalue weighted by Gasteiger charge is -2.24. The van der Waals surface area contributed by atoms with Crippen LogP contribution in [0.3, 0.4) is 0 Å². The van der Waals surface area contributed by atoms with Crippen molar-refractivity contribution in [2.75, 3.05) is 16.8 Å². The molecule has 1 saturated carbocycles. The van der Waals surface area contributed by atoms with Crippen LogP contribution in [-0.2, 0) is 0 Å². The molecule has 1 heterocycles. The Morgan fingerprint density at radius 2 is 1.89 bits per heavy atom. The van der Waals surface area contributed by atoms with E-state index in [1.54, 1.807) is 0 Å². The van der Waals surface area contributed by atoms with Crippen molar-refractivity contribution in [2.24, 2.45) is 0 Å². The van der Waals surface area contributed by atoms with E-state index in [-0.39, 0.29) is 16.7 Å². The van der Waals surface area contributed by atoms with Crippen molar-refractivity contribution < 1.29 is 4.92 Å². The Balaban J connectivity index is 1.82. The molecular weight excluding hydrogens is 354 g/mol. The molecule has 0 radical (unpaired) electrons. The molecule has 0 spiro atoms. The summed E-state index contributed by atoms with van der Waals surface area (Å²) in [6.07, 6.45) is 5.71. The first kappa shape index (κ1) is 18.2. The van der Waals surface area contributed by atoms with Crippen LogP contribution in [0.4, 0.5) is 23.0 Å². The maximum atomic E-state index is 12.0. The number of anilines is 3. The molecule has 7 heteroatoms. The molecule has 0 aliphatic heterocycles. The maximum Gasteiger partial charge on any atom is 0.353 e. The van der Waals surface area contributed by atoms with Crippen molar-refractivity contribution in [3.05, 3.63) is 58.9 Å². The van der Waals surface area contributed by atoms with Gasteiger partial charge >= 0.3 is 5.69 Å². The normalized spacial score (nSPS) is 14.3. The Labute approximate surface area is 163 Å². The van der Waals surface area contributed by atoms with Gasteiger partial charge in [-0.1, -0.05) is 49.2 Å². The summed E-state index contributed by atoms with van der Waals surface area (Å²) in [5.41, 5.74) is 0.832. The molecule has 28 heavy (non-hydrogen) atoms.